The van der Waals surface area contributed by atoms with E-state index in [2.05, 4.69) is 11.9 Å². The lowest BCUT2D eigenvalue weighted by atomic mass is 10.1. The molecule has 5 nitrogen and oxygen atoms in total. The predicted octanol–water partition coefficient (Wildman–Crippen LogP) is 3.34. The molecule has 0 fully saturated rings. The number of amides is 2. The Hall–Kier alpha value is -2.37. The quantitative estimate of drug-likeness (QED) is 0.837. The molecular formula is C15H19FN2O3. The van der Waals surface area contributed by atoms with Crippen molar-refractivity contribution in [2.24, 2.45) is 0 Å². The average molecular weight is 294 g/mol. The maximum atomic E-state index is 13.8. The first-order valence-electron chi connectivity index (χ1n) is 6.39. The maximum Gasteiger partial charge on any atom is 0.337 e. The van der Waals surface area contributed by atoms with Gasteiger partial charge in [0.2, 0.25) is 0 Å². The van der Waals surface area contributed by atoms with Crippen LogP contribution in [0.1, 0.15) is 31.1 Å². The third kappa shape index (κ3) is 4.05. The van der Waals surface area contributed by atoms with Gasteiger partial charge in [-0.1, -0.05) is 12.1 Å². The third-order valence-corrected chi connectivity index (χ3v) is 2.84. The number of para-hydroxylation sites is 1. The van der Waals surface area contributed by atoms with Gasteiger partial charge in [-0.05, 0) is 32.9 Å². The molecule has 0 aromatic heterocycles. The van der Waals surface area contributed by atoms with Crippen molar-refractivity contribution in [2.75, 3.05) is 11.9 Å². The number of nitrogens with one attached hydrogen (secondary N) is 1. The number of rotatable bonds is 4. The molecule has 0 radical (unpaired) electrons. The average Bonchev–Trinajstić information content (AvgIpc) is 2.36. The molecule has 0 heterocycles. The molecule has 6 heteroatoms. The van der Waals surface area contributed by atoms with Gasteiger partial charge >= 0.3 is 12.0 Å². The van der Waals surface area contributed by atoms with Crippen molar-refractivity contribution in [3.63, 3.8) is 0 Å². The van der Waals surface area contributed by atoms with Crippen molar-refractivity contribution in [1.29, 1.82) is 0 Å². The molecule has 2 amide bonds. The van der Waals surface area contributed by atoms with Gasteiger partial charge in [-0.15, -0.1) is 6.58 Å². The van der Waals surface area contributed by atoms with Gasteiger partial charge in [-0.3, -0.25) is 0 Å². The zero-order valence-corrected chi connectivity index (χ0v) is 12.3. The monoisotopic (exact) mass is 294 g/mol. The van der Waals surface area contributed by atoms with Crippen LogP contribution in [0.4, 0.5) is 14.9 Å². The lowest BCUT2D eigenvalue weighted by Crippen LogP contribution is -2.48. The third-order valence-electron chi connectivity index (χ3n) is 2.84. The maximum absolute atomic E-state index is 13.8. The van der Waals surface area contributed by atoms with Gasteiger partial charge < -0.3 is 15.3 Å². The summed E-state index contributed by atoms with van der Waals surface area (Å²) in [6.07, 6.45) is 1.55. The Labute approximate surface area is 123 Å². The Morgan fingerprint density at radius 2 is 2.05 bits per heavy atom. The normalized spacial score (nSPS) is 10.9. The lowest BCUT2D eigenvalue weighted by Gasteiger charge is -2.35. The molecular weight excluding hydrogens is 275 g/mol. The van der Waals surface area contributed by atoms with E-state index in [1.807, 2.05) is 20.8 Å². The molecule has 0 aliphatic carbocycles. The fourth-order valence-corrected chi connectivity index (χ4v) is 1.79. The lowest BCUT2D eigenvalue weighted by molar-refractivity contribution is 0.0697. The fourth-order valence-electron chi connectivity index (χ4n) is 1.79. The highest BCUT2D eigenvalue weighted by Gasteiger charge is 2.27. The Bertz CT molecular complexity index is 565. The van der Waals surface area contributed by atoms with E-state index in [4.69, 9.17) is 5.11 Å². The minimum atomic E-state index is -1.31. The van der Waals surface area contributed by atoms with E-state index in [9.17, 15) is 14.0 Å². The van der Waals surface area contributed by atoms with Gasteiger partial charge in [0.25, 0.3) is 0 Å². The van der Waals surface area contributed by atoms with E-state index in [-0.39, 0.29) is 17.8 Å². The minimum Gasteiger partial charge on any atom is -0.478 e. The number of urea groups is 1. The van der Waals surface area contributed by atoms with E-state index < -0.39 is 23.4 Å². The molecule has 0 saturated carbocycles. The highest BCUT2D eigenvalue weighted by molar-refractivity contribution is 6.00. The van der Waals surface area contributed by atoms with E-state index in [0.717, 1.165) is 6.07 Å². The second-order valence-electron chi connectivity index (χ2n) is 5.47. The van der Waals surface area contributed by atoms with Crippen LogP contribution in [0.25, 0.3) is 0 Å². The Morgan fingerprint density at radius 1 is 1.43 bits per heavy atom. The second-order valence-corrected chi connectivity index (χ2v) is 5.47. The van der Waals surface area contributed by atoms with Crippen LogP contribution in [-0.4, -0.2) is 34.1 Å². The Balaban J connectivity index is 3.13. The number of benzene rings is 1. The molecule has 0 aliphatic rings. The van der Waals surface area contributed by atoms with E-state index in [1.54, 1.807) is 6.08 Å². The van der Waals surface area contributed by atoms with E-state index >= 15 is 0 Å². The zero-order valence-electron chi connectivity index (χ0n) is 12.3. The van der Waals surface area contributed by atoms with E-state index in [1.165, 1.54) is 17.0 Å². The van der Waals surface area contributed by atoms with Crippen molar-refractivity contribution < 1.29 is 19.1 Å². The van der Waals surface area contributed by atoms with Crippen LogP contribution >= 0.6 is 0 Å². The molecule has 0 aliphatic heterocycles. The number of aromatic carboxylic acids is 1. The molecule has 1 rings (SSSR count). The number of hydrogen-bond acceptors (Lipinski definition) is 2. The topological polar surface area (TPSA) is 69.6 Å². The smallest absolute Gasteiger partial charge is 0.337 e. The molecule has 0 saturated heterocycles. The summed E-state index contributed by atoms with van der Waals surface area (Å²) in [5.74, 6) is -2.11. The second kappa shape index (κ2) is 6.39. The summed E-state index contributed by atoms with van der Waals surface area (Å²) in [4.78, 5) is 24.8. The Morgan fingerprint density at radius 3 is 2.52 bits per heavy atom. The minimum absolute atomic E-state index is 0.256. The number of halogens is 1. The first kappa shape index (κ1) is 16.7. The molecule has 114 valence electrons. The number of hydrogen-bond donors (Lipinski definition) is 2. The molecule has 0 bridgehead atoms. The first-order valence-corrected chi connectivity index (χ1v) is 6.39. The van der Waals surface area contributed by atoms with Gasteiger partial charge in [-0.2, -0.15) is 0 Å². The number of carboxylic acid groups (broad SMARTS) is 1. The van der Waals surface area contributed by atoms with Gasteiger partial charge in [0.05, 0.1) is 11.3 Å². The summed E-state index contributed by atoms with van der Waals surface area (Å²) in [7, 11) is 0. The van der Waals surface area contributed by atoms with Crippen LogP contribution in [0.15, 0.2) is 30.9 Å². The SMILES string of the molecule is C=CCN(C(=O)Nc1c(F)cccc1C(=O)O)C(C)(C)C. The zero-order chi connectivity index (χ0) is 16.2. The largest absolute Gasteiger partial charge is 0.478 e. The molecule has 0 spiro atoms. The van der Waals surface area contributed by atoms with Crippen molar-refractivity contribution >= 4 is 17.7 Å². The van der Waals surface area contributed by atoms with Gasteiger partial charge in [-0.25, -0.2) is 14.0 Å². The summed E-state index contributed by atoms with van der Waals surface area (Å²) in [5.41, 5.74) is -1.16. The molecule has 0 unspecified atom stereocenters. The molecule has 2 N–H and O–H groups in total. The van der Waals surface area contributed by atoms with Crippen LogP contribution in [-0.2, 0) is 0 Å². The van der Waals surface area contributed by atoms with Crippen LogP contribution < -0.4 is 5.32 Å². The molecule has 0 atom stereocenters. The van der Waals surface area contributed by atoms with Gasteiger partial charge in [0.1, 0.15) is 5.82 Å². The number of carbonyl (C=O) groups is 2. The van der Waals surface area contributed by atoms with Crippen LogP contribution in [0, 0.1) is 5.82 Å². The van der Waals surface area contributed by atoms with E-state index in [0.29, 0.717) is 0 Å². The number of carbonyl (C=O) groups excluding carboxylic acids is 1. The van der Waals surface area contributed by atoms with Crippen molar-refractivity contribution in [2.45, 2.75) is 26.3 Å². The highest BCUT2D eigenvalue weighted by atomic mass is 19.1. The summed E-state index contributed by atoms with van der Waals surface area (Å²) in [6, 6.07) is 3.02. The number of nitrogens with zero attached hydrogens (tertiary/aromatic N) is 1. The van der Waals surface area contributed by atoms with Gasteiger partial charge in [0.15, 0.2) is 0 Å². The summed E-state index contributed by atoms with van der Waals surface area (Å²) < 4.78 is 13.8. The van der Waals surface area contributed by atoms with Crippen LogP contribution in [0.5, 0.6) is 0 Å². The summed E-state index contributed by atoms with van der Waals surface area (Å²) in [6.45, 7) is 9.28. The van der Waals surface area contributed by atoms with Crippen LogP contribution in [0.3, 0.4) is 0 Å². The molecule has 21 heavy (non-hydrogen) atoms. The number of carboxylic acids is 1. The summed E-state index contributed by atoms with van der Waals surface area (Å²) in [5, 5.41) is 11.4. The fraction of sp³-hybridized carbons (Fsp3) is 0.333. The van der Waals surface area contributed by atoms with Crippen LogP contribution in [0.2, 0.25) is 0 Å². The number of anilines is 1. The first-order chi connectivity index (χ1) is 9.68. The predicted molar refractivity (Wildman–Crippen MR) is 79.0 cm³/mol. The van der Waals surface area contributed by atoms with Crippen molar-refractivity contribution in [3.05, 3.63) is 42.2 Å². The highest BCUT2D eigenvalue weighted by Crippen LogP contribution is 2.22. The summed E-state index contributed by atoms with van der Waals surface area (Å²) >= 11 is 0. The standard InChI is InChI=1S/C15H19FN2O3/c1-5-9-18(15(2,3)4)14(21)17-12-10(13(19)20)7-6-8-11(12)16/h5-8H,1,9H2,2-4H3,(H,17,21)(H,19,20). The van der Waals surface area contributed by atoms with Crippen molar-refractivity contribution in [1.82, 2.24) is 4.90 Å². The molecule has 1 aromatic rings. The Kier molecular flexibility index (Phi) is 5.07. The van der Waals surface area contributed by atoms with Crippen molar-refractivity contribution in [3.8, 4) is 0 Å². The van der Waals surface area contributed by atoms with Gasteiger partial charge in [0, 0.05) is 12.1 Å². The molecule has 1 aromatic carbocycles.